The van der Waals surface area contributed by atoms with Crippen molar-refractivity contribution < 1.29 is 26.7 Å². The normalized spacial score (nSPS) is 17.0. The summed E-state index contributed by atoms with van der Waals surface area (Å²) in [7, 11) is 0. The van der Waals surface area contributed by atoms with Crippen LogP contribution in [0.4, 0.5) is 39.4 Å². The molecule has 0 amide bonds. The predicted molar refractivity (Wildman–Crippen MR) is 114 cm³/mol. The molecule has 0 bridgehead atoms. The molecule has 3 rings (SSSR count). The molecule has 12 heteroatoms. The average Bonchev–Trinajstić information content (AvgIpc) is 2.72. The minimum Gasteiger partial charge on any atom is -0.433 e. The maximum Gasteiger partial charge on any atom is 0.421 e. The Morgan fingerprint density at radius 3 is 2.75 bits per heavy atom. The van der Waals surface area contributed by atoms with Gasteiger partial charge in [-0.1, -0.05) is 13.8 Å². The first kappa shape index (κ1) is 24.3. The van der Waals surface area contributed by atoms with Crippen molar-refractivity contribution in [3.63, 3.8) is 0 Å². The summed E-state index contributed by atoms with van der Waals surface area (Å²) >= 11 is 1.24. The topological polar surface area (TPSA) is 62.3 Å². The standard InChI is InChI=1S/C20H24F5N5OS/c1-3-27-32-13-6-7-15(16(9-13)31-18(21)22)28-19-26-10-14(20(23,24)25)17(29-19)30-8-4-5-12(2)11-30/h6-7,9-10,12,18,27H,3-5,8,11H2,1-2H3,(H,26,28,29). The maximum atomic E-state index is 13.6. The smallest absolute Gasteiger partial charge is 0.421 e. The summed E-state index contributed by atoms with van der Waals surface area (Å²) in [6.07, 6.45) is -2.22. The second-order valence-electron chi connectivity index (χ2n) is 7.38. The number of rotatable bonds is 8. The van der Waals surface area contributed by atoms with Crippen LogP contribution in [0.15, 0.2) is 29.3 Å². The number of hydrogen-bond donors (Lipinski definition) is 2. The first-order chi connectivity index (χ1) is 15.2. The molecule has 0 saturated carbocycles. The van der Waals surface area contributed by atoms with Crippen molar-refractivity contribution in [2.24, 2.45) is 5.92 Å². The maximum absolute atomic E-state index is 13.6. The lowest BCUT2D eigenvalue weighted by molar-refractivity contribution is -0.137. The molecule has 1 unspecified atom stereocenters. The zero-order valence-electron chi connectivity index (χ0n) is 17.5. The molecule has 0 radical (unpaired) electrons. The third kappa shape index (κ3) is 6.35. The van der Waals surface area contributed by atoms with Crippen LogP contribution in [0.5, 0.6) is 5.75 Å². The monoisotopic (exact) mass is 477 g/mol. The molecule has 6 nitrogen and oxygen atoms in total. The Balaban J connectivity index is 1.93. The molecule has 1 aromatic carbocycles. The second kappa shape index (κ2) is 10.5. The highest BCUT2D eigenvalue weighted by atomic mass is 32.2. The van der Waals surface area contributed by atoms with Crippen molar-refractivity contribution in [2.45, 2.75) is 44.4 Å². The fraction of sp³-hybridized carbons (Fsp3) is 0.500. The molecule has 2 aromatic rings. The van der Waals surface area contributed by atoms with Crippen LogP contribution < -0.4 is 19.7 Å². The summed E-state index contributed by atoms with van der Waals surface area (Å²) in [5, 5.41) is 2.73. The molecule has 176 valence electrons. The van der Waals surface area contributed by atoms with Gasteiger partial charge in [-0.15, -0.1) is 0 Å². The SMILES string of the molecule is CCNSc1ccc(Nc2ncc(C(F)(F)F)c(N3CCCC(C)C3)n2)c(OC(F)F)c1. The third-order valence-corrected chi connectivity index (χ3v) is 5.70. The van der Waals surface area contributed by atoms with Gasteiger partial charge in [-0.05, 0) is 48.9 Å². The molecular weight excluding hydrogens is 453 g/mol. The second-order valence-corrected chi connectivity index (χ2v) is 8.35. The van der Waals surface area contributed by atoms with E-state index in [-0.39, 0.29) is 29.1 Å². The first-order valence-corrected chi connectivity index (χ1v) is 10.9. The van der Waals surface area contributed by atoms with Gasteiger partial charge in [0.05, 0.1) is 5.69 Å². The van der Waals surface area contributed by atoms with Gasteiger partial charge in [0.25, 0.3) is 0 Å². The van der Waals surface area contributed by atoms with Gasteiger partial charge in [-0.3, -0.25) is 4.72 Å². The molecular formula is C20H24F5N5OS. The number of piperidine rings is 1. The molecule has 2 N–H and O–H groups in total. The molecule has 1 aliphatic rings. The summed E-state index contributed by atoms with van der Waals surface area (Å²) in [6, 6.07) is 4.55. The summed E-state index contributed by atoms with van der Waals surface area (Å²) < 4.78 is 74.1. The van der Waals surface area contributed by atoms with Gasteiger partial charge in [0.2, 0.25) is 5.95 Å². The van der Waals surface area contributed by atoms with E-state index in [1.54, 1.807) is 11.0 Å². The van der Waals surface area contributed by atoms with Crippen molar-refractivity contribution in [2.75, 3.05) is 29.9 Å². The van der Waals surface area contributed by atoms with E-state index in [1.165, 1.54) is 24.1 Å². The lowest BCUT2D eigenvalue weighted by Crippen LogP contribution is -2.36. The van der Waals surface area contributed by atoms with E-state index in [2.05, 4.69) is 24.7 Å². The molecule has 1 aliphatic heterocycles. The number of nitrogens with zero attached hydrogens (tertiary/aromatic N) is 3. The fourth-order valence-electron chi connectivity index (χ4n) is 3.39. The van der Waals surface area contributed by atoms with Crippen LogP contribution in [0.2, 0.25) is 0 Å². The van der Waals surface area contributed by atoms with Gasteiger partial charge in [0.15, 0.2) is 5.75 Å². The lowest BCUT2D eigenvalue weighted by Gasteiger charge is -2.33. The highest BCUT2D eigenvalue weighted by Crippen LogP contribution is 2.38. The largest absolute Gasteiger partial charge is 0.433 e. The zero-order chi connectivity index (χ0) is 23.3. The van der Waals surface area contributed by atoms with Crippen LogP contribution in [0, 0.1) is 5.92 Å². The lowest BCUT2D eigenvalue weighted by atomic mass is 10.00. The highest BCUT2D eigenvalue weighted by molar-refractivity contribution is 7.97. The van der Waals surface area contributed by atoms with Gasteiger partial charge in [-0.25, -0.2) is 4.98 Å². The number of ether oxygens (including phenoxy) is 1. The van der Waals surface area contributed by atoms with Crippen LogP contribution in [0.3, 0.4) is 0 Å². The molecule has 0 aliphatic carbocycles. The summed E-state index contributed by atoms with van der Waals surface area (Å²) in [5.74, 6) is -0.307. The third-order valence-electron chi connectivity index (χ3n) is 4.78. The quantitative estimate of drug-likeness (QED) is 0.374. The Morgan fingerprint density at radius 2 is 2.09 bits per heavy atom. The van der Waals surface area contributed by atoms with Gasteiger partial charge < -0.3 is 15.0 Å². The van der Waals surface area contributed by atoms with Gasteiger partial charge in [0, 0.05) is 30.7 Å². The molecule has 1 fully saturated rings. The van der Waals surface area contributed by atoms with Crippen molar-refractivity contribution in [3.8, 4) is 5.75 Å². The number of halogens is 5. The number of aromatic nitrogens is 2. The van der Waals surface area contributed by atoms with E-state index in [0.29, 0.717) is 30.7 Å². The Hall–Kier alpha value is -2.34. The minimum absolute atomic E-state index is 0.115. The first-order valence-electron chi connectivity index (χ1n) is 10.1. The van der Waals surface area contributed by atoms with Crippen LogP contribution in [-0.2, 0) is 6.18 Å². The Morgan fingerprint density at radius 1 is 1.31 bits per heavy atom. The number of anilines is 3. The van der Waals surface area contributed by atoms with E-state index in [4.69, 9.17) is 0 Å². The van der Waals surface area contributed by atoms with Crippen LogP contribution >= 0.6 is 11.9 Å². The van der Waals surface area contributed by atoms with Crippen LogP contribution in [-0.4, -0.2) is 36.2 Å². The van der Waals surface area contributed by atoms with E-state index in [1.807, 2.05) is 13.8 Å². The minimum atomic E-state index is -4.62. The van der Waals surface area contributed by atoms with Crippen molar-refractivity contribution in [1.82, 2.24) is 14.7 Å². The predicted octanol–water partition coefficient (Wildman–Crippen LogP) is 5.69. The number of nitrogens with one attached hydrogen (secondary N) is 2. The van der Waals surface area contributed by atoms with Crippen LogP contribution in [0.25, 0.3) is 0 Å². The Kier molecular flexibility index (Phi) is 7.99. The zero-order valence-corrected chi connectivity index (χ0v) is 18.4. The van der Waals surface area contributed by atoms with Crippen molar-refractivity contribution in [1.29, 1.82) is 0 Å². The van der Waals surface area contributed by atoms with E-state index in [9.17, 15) is 22.0 Å². The Bertz CT molecular complexity index is 914. The number of alkyl halides is 5. The molecule has 0 spiro atoms. The summed E-state index contributed by atoms with van der Waals surface area (Å²) in [6.45, 7) is 2.33. The molecule has 1 aromatic heterocycles. The molecule has 2 heterocycles. The Labute approximate surface area is 187 Å². The molecule has 1 atom stereocenters. The average molecular weight is 478 g/mol. The van der Waals surface area contributed by atoms with Gasteiger partial charge >= 0.3 is 12.8 Å². The van der Waals surface area contributed by atoms with E-state index >= 15 is 0 Å². The summed E-state index contributed by atoms with van der Waals surface area (Å²) in [4.78, 5) is 10.1. The highest BCUT2D eigenvalue weighted by Gasteiger charge is 2.37. The van der Waals surface area contributed by atoms with E-state index < -0.39 is 18.4 Å². The van der Waals surface area contributed by atoms with E-state index in [0.717, 1.165) is 12.8 Å². The number of benzene rings is 1. The fourth-order valence-corrected chi connectivity index (χ4v) is 4.01. The molecule has 32 heavy (non-hydrogen) atoms. The van der Waals surface area contributed by atoms with Gasteiger partial charge in [0.1, 0.15) is 11.4 Å². The summed E-state index contributed by atoms with van der Waals surface area (Å²) in [5.41, 5.74) is -0.817. The van der Waals surface area contributed by atoms with Crippen molar-refractivity contribution >= 4 is 29.4 Å². The molecule has 1 saturated heterocycles. The number of hydrogen-bond acceptors (Lipinski definition) is 7. The van der Waals surface area contributed by atoms with Gasteiger partial charge in [-0.2, -0.15) is 26.9 Å². The van der Waals surface area contributed by atoms with Crippen molar-refractivity contribution in [3.05, 3.63) is 30.0 Å². The van der Waals surface area contributed by atoms with Crippen LogP contribution in [0.1, 0.15) is 32.3 Å².